The molecule has 2 heterocycles. The number of Topliss-reactive ketones (excluding diaryl/α,β-unsaturated/α-hetero) is 2. The van der Waals surface area contributed by atoms with Crippen molar-refractivity contribution in [2.24, 2.45) is 0 Å². The number of ketones is 2. The van der Waals surface area contributed by atoms with E-state index in [0.29, 0.717) is 34.9 Å². The van der Waals surface area contributed by atoms with Gasteiger partial charge in [-0.2, -0.15) is 11.8 Å². The van der Waals surface area contributed by atoms with Crippen LogP contribution in [0, 0.1) is 0 Å². The van der Waals surface area contributed by atoms with Crippen LogP contribution in [0.25, 0.3) is 0 Å². The summed E-state index contributed by atoms with van der Waals surface area (Å²) >= 11 is 5.06. The van der Waals surface area contributed by atoms with Gasteiger partial charge in [-0.1, -0.05) is 18.6 Å². The van der Waals surface area contributed by atoms with E-state index in [2.05, 4.69) is 31.9 Å². The molecular formula is C21H22BrN3O4S. The molecular weight excluding hydrogens is 470 g/mol. The molecule has 1 aliphatic carbocycles. The van der Waals surface area contributed by atoms with Gasteiger partial charge >= 0.3 is 6.03 Å². The molecule has 0 radical (unpaired) electrons. The SMILES string of the molecule is CC1=C(Br)C(=O)c2c(NC(=O)CCCC[C@@H]3SC[C@@H]4NC(=O)N[C@@H]43)cccc2C1=O. The number of anilines is 1. The number of halogens is 1. The molecule has 3 aliphatic rings. The lowest BCUT2D eigenvalue weighted by atomic mass is 9.89. The highest BCUT2D eigenvalue weighted by atomic mass is 79.9. The molecule has 2 aliphatic heterocycles. The van der Waals surface area contributed by atoms with Crippen LogP contribution >= 0.6 is 27.7 Å². The molecule has 1 aromatic carbocycles. The molecule has 3 amide bonds. The Morgan fingerprint density at radius 3 is 2.80 bits per heavy atom. The van der Waals surface area contributed by atoms with Crippen LogP contribution in [0.5, 0.6) is 0 Å². The zero-order chi connectivity index (χ0) is 21.4. The van der Waals surface area contributed by atoms with Gasteiger partial charge in [-0.25, -0.2) is 4.79 Å². The fourth-order valence-corrected chi connectivity index (χ4v) is 6.08. The number of carbonyl (C=O) groups is 4. The quantitative estimate of drug-likeness (QED) is 0.417. The summed E-state index contributed by atoms with van der Waals surface area (Å²) in [4.78, 5) is 49.0. The minimum absolute atomic E-state index is 0.0921. The fourth-order valence-electron chi connectivity index (χ4n) is 4.16. The van der Waals surface area contributed by atoms with Crippen molar-refractivity contribution in [3.05, 3.63) is 39.4 Å². The summed E-state index contributed by atoms with van der Waals surface area (Å²) in [5.41, 5.74) is 1.30. The molecule has 158 valence electrons. The molecule has 0 aromatic heterocycles. The van der Waals surface area contributed by atoms with E-state index >= 15 is 0 Å². The average molecular weight is 492 g/mol. The van der Waals surface area contributed by atoms with Crippen LogP contribution in [0.1, 0.15) is 53.3 Å². The first-order valence-corrected chi connectivity index (χ1v) is 11.8. The van der Waals surface area contributed by atoms with Gasteiger partial charge in [-0.3, -0.25) is 14.4 Å². The Hall–Kier alpha value is -2.13. The topological polar surface area (TPSA) is 104 Å². The van der Waals surface area contributed by atoms with Crippen molar-refractivity contribution in [1.82, 2.24) is 10.6 Å². The first-order valence-electron chi connectivity index (χ1n) is 9.94. The highest BCUT2D eigenvalue weighted by Crippen LogP contribution is 2.34. The van der Waals surface area contributed by atoms with Crippen LogP contribution in [-0.2, 0) is 4.79 Å². The molecule has 3 N–H and O–H groups in total. The second-order valence-corrected chi connectivity index (χ2v) is 9.81. The summed E-state index contributed by atoms with van der Waals surface area (Å²) < 4.78 is 0.238. The number of unbranched alkanes of at least 4 members (excludes halogenated alkanes) is 1. The van der Waals surface area contributed by atoms with E-state index in [-0.39, 0.29) is 45.6 Å². The van der Waals surface area contributed by atoms with E-state index in [0.717, 1.165) is 18.6 Å². The van der Waals surface area contributed by atoms with Gasteiger partial charge in [0.05, 0.1) is 27.8 Å². The van der Waals surface area contributed by atoms with Crippen LogP contribution < -0.4 is 16.0 Å². The number of allylic oxidation sites excluding steroid dienone is 2. The third-order valence-corrected chi connectivity index (χ3v) is 8.22. The van der Waals surface area contributed by atoms with E-state index in [9.17, 15) is 19.2 Å². The first kappa shape index (κ1) is 21.1. The molecule has 2 saturated heterocycles. The smallest absolute Gasteiger partial charge is 0.315 e. The molecule has 2 fully saturated rings. The third-order valence-electron chi connectivity index (χ3n) is 5.76. The van der Waals surface area contributed by atoms with Gasteiger partial charge in [0.25, 0.3) is 0 Å². The Morgan fingerprint density at radius 1 is 1.20 bits per heavy atom. The summed E-state index contributed by atoms with van der Waals surface area (Å²) in [7, 11) is 0. The highest BCUT2D eigenvalue weighted by Gasteiger charge is 2.42. The van der Waals surface area contributed by atoms with Crippen molar-refractivity contribution in [2.45, 2.75) is 49.9 Å². The maximum atomic E-state index is 12.7. The average Bonchev–Trinajstić information content (AvgIpc) is 3.27. The maximum Gasteiger partial charge on any atom is 0.315 e. The second kappa shape index (κ2) is 8.55. The minimum Gasteiger partial charge on any atom is -0.332 e. The number of fused-ring (bicyclic) bond motifs is 2. The van der Waals surface area contributed by atoms with Crippen molar-refractivity contribution in [3.8, 4) is 0 Å². The van der Waals surface area contributed by atoms with Crippen molar-refractivity contribution in [3.63, 3.8) is 0 Å². The Morgan fingerprint density at radius 2 is 2.00 bits per heavy atom. The molecule has 9 heteroatoms. The summed E-state index contributed by atoms with van der Waals surface area (Å²) in [5, 5.41) is 9.07. The summed E-state index contributed by atoms with van der Waals surface area (Å²) in [5.74, 6) is 0.231. The number of hydrogen-bond donors (Lipinski definition) is 3. The fraction of sp³-hybridized carbons (Fsp3) is 0.429. The van der Waals surface area contributed by atoms with Gasteiger partial charge in [0, 0.05) is 28.6 Å². The standard InChI is InChI=1S/C21H22BrN3O4S/c1-10-17(22)20(28)16-11(19(10)27)5-4-6-12(16)23-15(26)8-3-2-7-14-18-13(9-30-14)24-21(29)25-18/h4-6,13-14,18H,2-3,7-9H2,1H3,(H,23,26)(H2,24,25,29)/t13-,14-,18-/m0/s1. The van der Waals surface area contributed by atoms with Gasteiger partial charge in [-0.05, 0) is 41.8 Å². The van der Waals surface area contributed by atoms with Gasteiger partial charge in [0.1, 0.15) is 0 Å². The zero-order valence-corrected chi connectivity index (χ0v) is 18.8. The lowest BCUT2D eigenvalue weighted by Crippen LogP contribution is -2.36. The lowest BCUT2D eigenvalue weighted by Gasteiger charge is -2.19. The zero-order valence-electron chi connectivity index (χ0n) is 16.4. The maximum absolute atomic E-state index is 12.7. The molecule has 0 spiro atoms. The summed E-state index contributed by atoms with van der Waals surface area (Å²) in [6, 6.07) is 5.21. The molecule has 3 atom stereocenters. The number of amides is 3. The van der Waals surface area contributed by atoms with Crippen molar-refractivity contribution in [1.29, 1.82) is 0 Å². The Balaban J connectivity index is 1.31. The van der Waals surface area contributed by atoms with E-state index < -0.39 is 0 Å². The third kappa shape index (κ3) is 3.92. The molecule has 4 rings (SSSR count). The van der Waals surface area contributed by atoms with Crippen LogP contribution in [0.3, 0.4) is 0 Å². The molecule has 0 saturated carbocycles. The molecule has 0 unspecified atom stereocenters. The lowest BCUT2D eigenvalue weighted by molar-refractivity contribution is -0.116. The molecule has 30 heavy (non-hydrogen) atoms. The normalized spacial score (nSPS) is 25.0. The van der Waals surface area contributed by atoms with Crippen molar-refractivity contribution < 1.29 is 19.2 Å². The molecule has 0 bridgehead atoms. The first-order chi connectivity index (χ1) is 14.4. The summed E-state index contributed by atoms with van der Waals surface area (Å²) in [6.07, 6.45) is 2.86. The minimum atomic E-state index is -0.293. The van der Waals surface area contributed by atoms with Crippen LogP contribution in [-0.4, -0.2) is 46.6 Å². The molecule has 7 nitrogen and oxygen atoms in total. The van der Waals surface area contributed by atoms with E-state index in [4.69, 9.17) is 0 Å². The molecule has 1 aromatic rings. The van der Waals surface area contributed by atoms with E-state index in [1.54, 1.807) is 25.1 Å². The predicted octanol–water partition coefficient (Wildman–Crippen LogP) is 3.40. The van der Waals surface area contributed by atoms with Crippen molar-refractivity contribution in [2.75, 3.05) is 11.1 Å². The Kier molecular flexibility index (Phi) is 6.02. The van der Waals surface area contributed by atoms with Gasteiger partial charge in [0.2, 0.25) is 11.7 Å². The van der Waals surface area contributed by atoms with Gasteiger partial charge in [0.15, 0.2) is 5.78 Å². The van der Waals surface area contributed by atoms with Crippen molar-refractivity contribution >= 4 is 56.9 Å². The number of hydrogen-bond acceptors (Lipinski definition) is 5. The predicted molar refractivity (Wildman–Crippen MR) is 119 cm³/mol. The number of urea groups is 1. The second-order valence-electron chi connectivity index (χ2n) is 7.74. The number of nitrogens with one attached hydrogen (secondary N) is 3. The highest BCUT2D eigenvalue weighted by molar-refractivity contribution is 9.12. The van der Waals surface area contributed by atoms with E-state index in [1.165, 1.54) is 0 Å². The summed E-state index contributed by atoms with van der Waals surface area (Å²) in [6.45, 7) is 1.61. The number of carbonyl (C=O) groups excluding carboxylic acids is 4. The van der Waals surface area contributed by atoms with Crippen LogP contribution in [0.2, 0.25) is 0 Å². The number of thioether (sulfide) groups is 1. The van der Waals surface area contributed by atoms with E-state index in [1.807, 2.05) is 11.8 Å². The Labute approximate surface area is 186 Å². The monoisotopic (exact) mass is 491 g/mol. The largest absolute Gasteiger partial charge is 0.332 e. The van der Waals surface area contributed by atoms with Crippen LogP contribution in [0.4, 0.5) is 10.5 Å². The van der Waals surface area contributed by atoms with Gasteiger partial charge < -0.3 is 16.0 Å². The number of benzene rings is 1. The van der Waals surface area contributed by atoms with Gasteiger partial charge in [-0.15, -0.1) is 0 Å². The number of rotatable bonds is 6. The van der Waals surface area contributed by atoms with Crippen LogP contribution in [0.15, 0.2) is 28.3 Å². The Bertz CT molecular complexity index is 977.